The molecule has 54 heavy (non-hydrogen) atoms. The summed E-state index contributed by atoms with van der Waals surface area (Å²) in [6, 6.07) is 27.8. The van der Waals surface area contributed by atoms with Gasteiger partial charge in [0.05, 0.1) is 40.0 Å². The molecule has 4 saturated carbocycles. The Hall–Kier alpha value is -4.96. The summed E-state index contributed by atoms with van der Waals surface area (Å²) in [5.74, 6) is 5.83. The lowest BCUT2D eigenvalue weighted by Crippen LogP contribution is -2.25. The Morgan fingerprint density at radius 2 is 1.04 bits per heavy atom. The number of para-hydroxylation sites is 1. The first-order valence-corrected chi connectivity index (χ1v) is 21.2. The molecule has 0 aliphatic heterocycles. The van der Waals surface area contributed by atoms with Crippen LogP contribution in [0.25, 0.3) is 76.4 Å². The first-order chi connectivity index (χ1) is 26.7. The summed E-state index contributed by atoms with van der Waals surface area (Å²) in [4.78, 5) is 11.1. The van der Waals surface area contributed by atoms with Gasteiger partial charge in [-0.05, 0) is 146 Å². The molecule has 4 aromatic carbocycles. The van der Waals surface area contributed by atoms with E-state index in [-0.39, 0.29) is 0 Å². The zero-order chi connectivity index (χ0) is 34.6. The van der Waals surface area contributed by atoms with Crippen LogP contribution in [0.2, 0.25) is 0 Å². The Kier molecular flexibility index (Phi) is 5.08. The third-order valence-electron chi connectivity index (χ3n) is 16.3. The van der Waals surface area contributed by atoms with Gasteiger partial charge in [0.2, 0.25) is 0 Å². The maximum Gasteiger partial charge on any atom is 0.0729 e. The first-order valence-electron chi connectivity index (χ1n) is 21.2. The normalized spacial score (nSPS) is 29.5. The molecule has 0 amide bonds. The fourth-order valence-corrected chi connectivity index (χ4v) is 14.9. The molecule has 0 saturated heterocycles. The number of fused-ring (bicyclic) bond motifs is 9. The van der Waals surface area contributed by atoms with E-state index in [9.17, 15) is 0 Å². The minimum Gasteiger partial charge on any atom is -0.309 e. The molecule has 0 radical (unpaired) electrons. The average molecular weight is 699 g/mol. The highest BCUT2D eigenvalue weighted by Crippen LogP contribution is 2.61. The zero-order valence-corrected chi connectivity index (χ0v) is 30.6. The van der Waals surface area contributed by atoms with E-state index < -0.39 is 0 Å². The van der Waals surface area contributed by atoms with Crippen LogP contribution in [-0.4, -0.2) is 18.9 Å². The van der Waals surface area contributed by atoms with Gasteiger partial charge in [0, 0.05) is 61.2 Å². The van der Waals surface area contributed by atoms with E-state index in [4.69, 9.17) is 9.97 Å². The van der Waals surface area contributed by atoms with Gasteiger partial charge >= 0.3 is 0 Å². The predicted octanol–water partition coefficient (Wildman–Crippen LogP) is 12.7. The zero-order valence-electron chi connectivity index (χ0n) is 30.6. The van der Waals surface area contributed by atoms with Crippen LogP contribution in [0, 0.1) is 23.7 Å². The molecule has 4 unspecified atom stereocenters. The molecule has 4 heteroatoms. The monoisotopic (exact) mass is 698 g/mol. The molecule has 8 aliphatic rings. The maximum absolute atomic E-state index is 5.58. The summed E-state index contributed by atoms with van der Waals surface area (Å²) < 4.78 is 5.31. The Bertz CT molecular complexity index is 3100. The Balaban J connectivity index is 1.23. The molecule has 17 rings (SSSR count). The van der Waals surface area contributed by atoms with Gasteiger partial charge in [0.25, 0.3) is 0 Å². The highest BCUT2D eigenvalue weighted by atomic mass is 15.0. The van der Waals surface area contributed by atoms with E-state index in [1.54, 1.807) is 11.1 Å². The number of nitrogens with zero attached hydrogens (tertiary/aromatic N) is 4. The SMILES string of the molecule is c1ccc(-n2c3cccc4cccc(c5cc6c7c8c(ncc7n7c9cnc%10c(c9c(c52)c67)C2CC5CC(CC%10C5)C2)C2CC5CC(C2)CC8C5)c43)cc1. The van der Waals surface area contributed by atoms with Crippen LogP contribution in [-0.2, 0) is 0 Å². The van der Waals surface area contributed by atoms with Crippen LogP contribution in [0.3, 0.4) is 0 Å². The van der Waals surface area contributed by atoms with Crippen LogP contribution in [0.5, 0.6) is 0 Å². The Labute approximate surface area is 313 Å². The topological polar surface area (TPSA) is 35.1 Å². The first kappa shape index (κ1) is 28.5. The number of rotatable bonds is 1. The van der Waals surface area contributed by atoms with Gasteiger partial charge in [-0.1, -0.05) is 48.5 Å². The summed E-state index contributed by atoms with van der Waals surface area (Å²) in [7, 11) is 0. The second-order valence-corrected chi connectivity index (χ2v) is 19.0. The average Bonchev–Trinajstić information content (AvgIpc) is 3.58. The van der Waals surface area contributed by atoms with Crippen LogP contribution >= 0.6 is 0 Å². The minimum absolute atomic E-state index is 0.588. The van der Waals surface area contributed by atoms with Gasteiger partial charge in [-0.15, -0.1) is 0 Å². The van der Waals surface area contributed by atoms with Gasteiger partial charge in [0.15, 0.2) is 0 Å². The molecule has 4 nitrogen and oxygen atoms in total. The molecule has 5 aromatic heterocycles. The molecule has 4 fully saturated rings. The quantitative estimate of drug-likeness (QED) is 0.126. The second kappa shape index (κ2) is 9.63. The third kappa shape index (κ3) is 3.33. The van der Waals surface area contributed by atoms with Crippen molar-refractivity contribution < 1.29 is 0 Å². The third-order valence-corrected chi connectivity index (χ3v) is 16.3. The maximum atomic E-state index is 5.58. The van der Waals surface area contributed by atoms with Crippen molar-refractivity contribution in [2.24, 2.45) is 23.7 Å². The van der Waals surface area contributed by atoms with Crippen molar-refractivity contribution in [2.45, 2.75) is 87.9 Å². The van der Waals surface area contributed by atoms with Gasteiger partial charge in [-0.2, -0.15) is 0 Å². The lowest BCUT2D eigenvalue weighted by Gasteiger charge is -2.38. The van der Waals surface area contributed by atoms with E-state index in [0.717, 1.165) is 23.7 Å². The fraction of sp³-hybridized carbons (Fsp3) is 0.360. The highest BCUT2D eigenvalue weighted by Gasteiger charge is 2.46. The summed E-state index contributed by atoms with van der Waals surface area (Å²) in [6.45, 7) is 0. The van der Waals surface area contributed by atoms with E-state index in [2.05, 4.69) is 94.2 Å². The predicted molar refractivity (Wildman–Crippen MR) is 220 cm³/mol. The van der Waals surface area contributed by atoms with E-state index in [1.807, 2.05) is 0 Å². The van der Waals surface area contributed by atoms with Gasteiger partial charge < -0.3 is 8.97 Å². The number of hydrogen-bond donors (Lipinski definition) is 0. The molecule has 8 aliphatic carbocycles. The van der Waals surface area contributed by atoms with Crippen LogP contribution < -0.4 is 0 Å². The molecule has 5 heterocycles. The molecule has 0 N–H and O–H groups in total. The number of pyridine rings is 3. The van der Waals surface area contributed by atoms with Crippen molar-refractivity contribution in [1.29, 1.82) is 0 Å². The molecular formula is C50H42N4. The summed E-state index contributed by atoms with van der Waals surface area (Å²) >= 11 is 0. The summed E-state index contributed by atoms with van der Waals surface area (Å²) in [5, 5.41) is 11.4. The standard InChI is InChI=1S/C50H42N4/c1-2-8-34(9-3-1)53-38-11-5-7-29-6-4-10-35(41(29)38)36-22-37-44-39(23-51-47-32-18-25-12-26(19-32)15-30(14-25)42(44)47)54-40-24-52-48-33-20-27-13-28(21-33)17-31(16-27)43(48)45(40)46(49(36)53)50(37)54/h1-11,22-28,30-33H,12-21H2. The number of aromatic nitrogens is 4. The lowest BCUT2D eigenvalue weighted by atomic mass is 9.67. The van der Waals surface area contributed by atoms with Crippen LogP contribution in [0.15, 0.2) is 85.2 Å². The summed E-state index contributed by atoms with van der Waals surface area (Å²) in [5.41, 5.74) is 14.0. The van der Waals surface area contributed by atoms with E-state index >= 15 is 0 Å². The molecular weight excluding hydrogens is 657 g/mol. The molecule has 4 atom stereocenters. The van der Waals surface area contributed by atoms with Gasteiger partial charge in [-0.25, -0.2) is 0 Å². The van der Waals surface area contributed by atoms with Crippen molar-refractivity contribution in [3.8, 4) is 5.69 Å². The van der Waals surface area contributed by atoms with Crippen molar-refractivity contribution in [3.63, 3.8) is 0 Å². The van der Waals surface area contributed by atoms with Crippen molar-refractivity contribution in [1.82, 2.24) is 18.9 Å². The lowest BCUT2D eigenvalue weighted by molar-refractivity contribution is 0.165. The summed E-state index contributed by atoms with van der Waals surface area (Å²) in [6.07, 6.45) is 18.2. The smallest absolute Gasteiger partial charge is 0.0729 e. The molecule has 0 spiro atoms. The van der Waals surface area contributed by atoms with E-state index in [0.29, 0.717) is 23.7 Å². The highest BCUT2D eigenvalue weighted by molar-refractivity contribution is 6.36. The molecule has 8 bridgehead atoms. The largest absolute Gasteiger partial charge is 0.309 e. The number of hydrogen-bond acceptors (Lipinski definition) is 2. The Morgan fingerprint density at radius 1 is 0.444 bits per heavy atom. The van der Waals surface area contributed by atoms with Crippen molar-refractivity contribution >= 4 is 70.7 Å². The molecule has 262 valence electrons. The van der Waals surface area contributed by atoms with Gasteiger partial charge in [0.1, 0.15) is 0 Å². The molecule has 9 aromatic rings. The Morgan fingerprint density at radius 3 is 1.70 bits per heavy atom. The second-order valence-electron chi connectivity index (χ2n) is 19.0. The fourth-order valence-electron chi connectivity index (χ4n) is 14.9. The number of benzene rings is 4. The minimum atomic E-state index is 0.588. The van der Waals surface area contributed by atoms with Crippen LogP contribution in [0.4, 0.5) is 0 Å². The van der Waals surface area contributed by atoms with E-state index in [1.165, 1.54) is 152 Å². The van der Waals surface area contributed by atoms with Gasteiger partial charge in [-0.3, -0.25) is 9.97 Å². The van der Waals surface area contributed by atoms with Crippen LogP contribution in [0.1, 0.15) is 110 Å². The van der Waals surface area contributed by atoms with Crippen molar-refractivity contribution in [2.75, 3.05) is 0 Å². The van der Waals surface area contributed by atoms with Crippen molar-refractivity contribution in [3.05, 3.63) is 108 Å².